The molecule has 0 saturated carbocycles. The summed E-state index contributed by atoms with van der Waals surface area (Å²) in [5.74, 6) is 0. The van der Waals surface area contributed by atoms with Gasteiger partial charge in [0.2, 0.25) is 0 Å². The van der Waals surface area contributed by atoms with Crippen molar-refractivity contribution in [3.05, 3.63) is 35.9 Å². The number of rotatable bonds is 6. The van der Waals surface area contributed by atoms with Gasteiger partial charge in [0.1, 0.15) is 0 Å². The minimum absolute atomic E-state index is 0.418. The molecule has 1 fully saturated rings. The van der Waals surface area contributed by atoms with Crippen LogP contribution in [0.4, 0.5) is 0 Å². The van der Waals surface area contributed by atoms with Gasteiger partial charge in [-0.2, -0.15) is 0 Å². The Balaban J connectivity index is 1.80. The molecule has 1 atom stereocenters. The third-order valence-corrected chi connectivity index (χ3v) is 4.58. The molecule has 0 aromatic heterocycles. The van der Waals surface area contributed by atoms with E-state index in [-0.39, 0.29) is 0 Å². The van der Waals surface area contributed by atoms with Gasteiger partial charge in [0, 0.05) is 25.7 Å². The Kier molecular flexibility index (Phi) is 5.62. The van der Waals surface area contributed by atoms with Crippen LogP contribution >= 0.6 is 0 Å². The first-order valence-electron chi connectivity index (χ1n) is 8.09. The molecule has 112 valence electrons. The van der Waals surface area contributed by atoms with Gasteiger partial charge >= 0.3 is 0 Å². The number of piperidine rings is 1. The van der Waals surface area contributed by atoms with Crippen molar-refractivity contribution in [3.63, 3.8) is 0 Å². The molecule has 2 nitrogen and oxygen atoms in total. The predicted molar refractivity (Wildman–Crippen MR) is 86.8 cm³/mol. The van der Waals surface area contributed by atoms with Crippen molar-refractivity contribution in [3.8, 4) is 0 Å². The maximum Gasteiger partial charge on any atom is 0.0234 e. The summed E-state index contributed by atoms with van der Waals surface area (Å²) >= 11 is 0. The second-order valence-corrected chi connectivity index (χ2v) is 6.96. The Labute approximate surface area is 124 Å². The zero-order valence-corrected chi connectivity index (χ0v) is 13.4. The Morgan fingerprint density at radius 1 is 1.25 bits per heavy atom. The Hall–Kier alpha value is -0.860. The molecule has 0 amide bonds. The lowest BCUT2D eigenvalue weighted by Gasteiger charge is -2.35. The number of benzene rings is 1. The normalized spacial score (nSPS) is 21.1. The minimum atomic E-state index is 0.418. The van der Waals surface area contributed by atoms with Gasteiger partial charge in [-0.25, -0.2) is 0 Å². The van der Waals surface area contributed by atoms with Crippen molar-refractivity contribution in [2.24, 2.45) is 5.41 Å². The van der Waals surface area contributed by atoms with Crippen LogP contribution in [0.3, 0.4) is 0 Å². The molecule has 1 aromatic rings. The minimum Gasteiger partial charge on any atom is -0.312 e. The first-order chi connectivity index (χ1) is 9.59. The van der Waals surface area contributed by atoms with Crippen LogP contribution in [-0.4, -0.2) is 30.6 Å². The molecular formula is C18H30N2. The zero-order chi connectivity index (χ0) is 14.4. The van der Waals surface area contributed by atoms with E-state index in [9.17, 15) is 0 Å². The maximum atomic E-state index is 3.79. The van der Waals surface area contributed by atoms with Gasteiger partial charge in [-0.1, -0.05) is 51.1 Å². The number of hydrogen-bond donors (Lipinski definition) is 1. The van der Waals surface area contributed by atoms with E-state index in [1.165, 1.54) is 37.9 Å². The van der Waals surface area contributed by atoms with Crippen LogP contribution < -0.4 is 5.32 Å². The summed E-state index contributed by atoms with van der Waals surface area (Å²) in [5, 5.41) is 3.79. The fourth-order valence-electron chi connectivity index (χ4n) is 2.75. The van der Waals surface area contributed by atoms with Gasteiger partial charge in [-0.05, 0) is 36.8 Å². The van der Waals surface area contributed by atoms with Crippen LogP contribution in [0.15, 0.2) is 30.3 Å². The fraction of sp³-hybridized carbons (Fsp3) is 0.667. The van der Waals surface area contributed by atoms with Crippen LogP contribution in [-0.2, 0) is 6.54 Å². The lowest BCUT2D eigenvalue weighted by molar-refractivity contribution is 0.172. The van der Waals surface area contributed by atoms with Crippen LogP contribution in [0.5, 0.6) is 0 Å². The number of nitrogens with zero attached hydrogens (tertiary/aromatic N) is 1. The van der Waals surface area contributed by atoms with Crippen LogP contribution in [0.25, 0.3) is 0 Å². The highest BCUT2D eigenvalue weighted by molar-refractivity contribution is 5.14. The maximum absolute atomic E-state index is 3.79. The molecule has 0 aliphatic carbocycles. The smallest absolute Gasteiger partial charge is 0.0234 e. The van der Waals surface area contributed by atoms with Crippen molar-refractivity contribution in [1.82, 2.24) is 10.2 Å². The molecule has 1 unspecified atom stereocenters. The van der Waals surface area contributed by atoms with Gasteiger partial charge in [0.05, 0.1) is 0 Å². The summed E-state index contributed by atoms with van der Waals surface area (Å²) in [6.07, 6.45) is 3.88. The van der Waals surface area contributed by atoms with E-state index in [4.69, 9.17) is 0 Å². The summed E-state index contributed by atoms with van der Waals surface area (Å²) in [4.78, 5) is 2.59. The largest absolute Gasteiger partial charge is 0.312 e. The van der Waals surface area contributed by atoms with Crippen LogP contribution in [0.2, 0.25) is 0 Å². The molecule has 1 aliphatic heterocycles. The average Bonchev–Trinajstić information content (AvgIpc) is 2.47. The van der Waals surface area contributed by atoms with Gasteiger partial charge in [-0.3, -0.25) is 4.90 Å². The van der Waals surface area contributed by atoms with E-state index in [2.05, 4.69) is 61.3 Å². The quantitative estimate of drug-likeness (QED) is 0.851. The SMILES string of the molecule is CCC(C)(C)CNC1CCCN(Cc2ccccc2)C1. The van der Waals surface area contributed by atoms with E-state index in [1.54, 1.807) is 0 Å². The van der Waals surface area contributed by atoms with Gasteiger partial charge < -0.3 is 5.32 Å². The van der Waals surface area contributed by atoms with Crippen LogP contribution in [0.1, 0.15) is 45.6 Å². The van der Waals surface area contributed by atoms with Crippen molar-refractivity contribution >= 4 is 0 Å². The third kappa shape index (κ3) is 4.92. The lowest BCUT2D eigenvalue weighted by Crippen LogP contribution is -2.47. The fourth-order valence-corrected chi connectivity index (χ4v) is 2.75. The van der Waals surface area contributed by atoms with E-state index in [0.717, 1.165) is 13.1 Å². The molecule has 1 N–H and O–H groups in total. The zero-order valence-electron chi connectivity index (χ0n) is 13.4. The molecular weight excluding hydrogens is 244 g/mol. The molecule has 0 spiro atoms. The van der Waals surface area contributed by atoms with Crippen molar-refractivity contribution in [2.75, 3.05) is 19.6 Å². The molecule has 2 rings (SSSR count). The molecule has 2 heteroatoms. The van der Waals surface area contributed by atoms with Crippen molar-refractivity contribution < 1.29 is 0 Å². The third-order valence-electron chi connectivity index (χ3n) is 4.58. The number of nitrogens with one attached hydrogen (secondary N) is 1. The van der Waals surface area contributed by atoms with E-state index in [0.29, 0.717) is 11.5 Å². The predicted octanol–water partition coefficient (Wildman–Crippen LogP) is 3.68. The Morgan fingerprint density at radius 3 is 2.70 bits per heavy atom. The molecule has 0 radical (unpaired) electrons. The summed E-state index contributed by atoms with van der Waals surface area (Å²) in [7, 11) is 0. The highest BCUT2D eigenvalue weighted by Crippen LogP contribution is 2.20. The number of hydrogen-bond acceptors (Lipinski definition) is 2. The topological polar surface area (TPSA) is 15.3 Å². The summed E-state index contributed by atoms with van der Waals surface area (Å²) in [6.45, 7) is 11.6. The highest BCUT2D eigenvalue weighted by atomic mass is 15.2. The second kappa shape index (κ2) is 7.24. The van der Waals surface area contributed by atoms with E-state index in [1.807, 2.05) is 0 Å². The van der Waals surface area contributed by atoms with Crippen molar-refractivity contribution in [1.29, 1.82) is 0 Å². The average molecular weight is 274 g/mol. The van der Waals surface area contributed by atoms with E-state index < -0.39 is 0 Å². The van der Waals surface area contributed by atoms with Gasteiger partial charge in [0.15, 0.2) is 0 Å². The highest BCUT2D eigenvalue weighted by Gasteiger charge is 2.22. The molecule has 1 aliphatic rings. The molecule has 0 bridgehead atoms. The molecule has 20 heavy (non-hydrogen) atoms. The summed E-state index contributed by atoms with van der Waals surface area (Å²) in [5.41, 5.74) is 1.85. The number of likely N-dealkylation sites (tertiary alicyclic amines) is 1. The van der Waals surface area contributed by atoms with Crippen LogP contribution in [0, 0.1) is 5.41 Å². The second-order valence-electron chi connectivity index (χ2n) is 6.96. The summed E-state index contributed by atoms with van der Waals surface area (Å²) in [6, 6.07) is 11.5. The Morgan fingerprint density at radius 2 is 2.00 bits per heavy atom. The first-order valence-corrected chi connectivity index (χ1v) is 8.09. The van der Waals surface area contributed by atoms with Gasteiger partial charge in [-0.15, -0.1) is 0 Å². The lowest BCUT2D eigenvalue weighted by atomic mass is 9.89. The molecule has 1 aromatic carbocycles. The van der Waals surface area contributed by atoms with E-state index >= 15 is 0 Å². The molecule has 1 heterocycles. The Bertz CT molecular complexity index is 386. The van der Waals surface area contributed by atoms with Crippen molar-refractivity contribution in [2.45, 2.75) is 52.6 Å². The monoisotopic (exact) mass is 274 g/mol. The first kappa shape index (κ1) is 15.5. The molecule has 1 saturated heterocycles. The summed E-state index contributed by atoms with van der Waals surface area (Å²) < 4.78 is 0. The van der Waals surface area contributed by atoms with Gasteiger partial charge in [0.25, 0.3) is 0 Å². The standard InChI is InChI=1S/C18H30N2/c1-4-18(2,3)15-19-17-11-8-12-20(14-17)13-16-9-6-5-7-10-16/h5-7,9-10,17,19H,4,8,11-15H2,1-3H3.